The smallest absolute Gasteiger partial charge is 0.150 e. The van der Waals surface area contributed by atoms with Crippen LogP contribution in [0.5, 0.6) is 0 Å². The van der Waals surface area contributed by atoms with Gasteiger partial charge in [-0.2, -0.15) is 5.26 Å². The van der Waals surface area contributed by atoms with E-state index in [1.807, 2.05) is 50.3 Å². The van der Waals surface area contributed by atoms with E-state index in [1.165, 1.54) is 0 Å². The fraction of sp³-hybridized carbons (Fsp3) is 0.286. The van der Waals surface area contributed by atoms with Gasteiger partial charge < -0.3 is 9.80 Å². The van der Waals surface area contributed by atoms with E-state index in [9.17, 15) is 9.18 Å². The van der Waals surface area contributed by atoms with Gasteiger partial charge in [-0.1, -0.05) is 60.2 Å². The van der Waals surface area contributed by atoms with Gasteiger partial charge in [-0.15, -0.1) is 0 Å². The molecule has 0 aromatic heterocycles. The van der Waals surface area contributed by atoms with Gasteiger partial charge in [0.25, 0.3) is 0 Å². The number of benzene rings is 2. The van der Waals surface area contributed by atoms with Gasteiger partial charge in [0, 0.05) is 36.0 Å². The zero-order chi connectivity index (χ0) is 25.1. The highest BCUT2D eigenvalue weighted by Crippen LogP contribution is 2.29. The van der Waals surface area contributed by atoms with E-state index in [4.69, 9.17) is 16.9 Å². The Hall–Kier alpha value is -3.20. The van der Waals surface area contributed by atoms with Gasteiger partial charge in [-0.05, 0) is 58.1 Å². The summed E-state index contributed by atoms with van der Waals surface area (Å²) in [6.07, 6.45) is 7.26. The zero-order valence-corrected chi connectivity index (χ0v) is 20.7. The van der Waals surface area contributed by atoms with Crippen molar-refractivity contribution in [2.75, 3.05) is 31.6 Å². The van der Waals surface area contributed by atoms with E-state index in [2.05, 4.69) is 29.5 Å². The molecule has 0 amide bonds. The molecule has 1 atom stereocenters. The first-order valence-corrected chi connectivity index (χ1v) is 11.5. The number of anilines is 1. The molecule has 1 fully saturated rings. The number of halogens is 2. The molecule has 3 rings (SSSR count). The lowest BCUT2D eigenvalue weighted by atomic mass is 10.1. The number of allylic oxidation sites excluding steroid dienone is 3. The lowest BCUT2D eigenvalue weighted by Crippen LogP contribution is -2.38. The van der Waals surface area contributed by atoms with Gasteiger partial charge in [-0.3, -0.25) is 4.79 Å². The molecule has 2 aromatic carbocycles. The highest BCUT2D eigenvalue weighted by atomic mass is 35.5. The molecular weight excluding hydrogens is 449 g/mol. The second kappa shape index (κ2) is 13.5. The lowest BCUT2D eigenvalue weighted by molar-refractivity contribution is 0.112. The van der Waals surface area contributed by atoms with Crippen molar-refractivity contribution in [3.63, 3.8) is 0 Å². The number of rotatable bonds is 7. The fourth-order valence-corrected chi connectivity index (χ4v) is 3.96. The second-order valence-electron chi connectivity index (χ2n) is 8.26. The summed E-state index contributed by atoms with van der Waals surface area (Å²) in [5.41, 5.74) is 3.73. The van der Waals surface area contributed by atoms with Crippen LogP contribution in [0.15, 0.2) is 78.7 Å². The molecule has 1 heterocycles. The van der Waals surface area contributed by atoms with Crippen LogP contribution in [0.1, 0.15) is 34.8 Å². The summed E-state index contributed by atoms with van der Waals surface area (Å²) < 4.78 is 13.9. The predicted octanol–water partition coefficient (Wildman–Crippen LogP) is 6.52. The quantitative estimate of drug-likeness (QED) is 0.335. The summed E-state index contributed by atoms with van der Waals surface area (Å²) in [7, 11) is 2.08. The lowest BCUT2D eigenvalue weighted by Gasteiger charge is -2.32. The van der Waals surface area contributed by atoms with Crippen molar-refractivity contribution in [1.29, 1.82) is 5.26 Å². The van der Waals surface area contributed by atoms with E-state index in [0.29, 0.717) is 22.7 Å². The Morgan fingerprint density at radius 2 is 2.12 bits per heavy atom. The predicted molar refractivity (Wildman–Crippen MR) is 139 cm³/mol. The van der Waals surface area contributed by atoms with E-state index < -0.39 is 5.83 Å². The van der Waals surface area contributed by atoms with Crippen molar-refractivity contribution in [2.24, 2.45) is 0 Å². The summed E-state index contributed by atoms with van der Waals surface area (Å²) in [5.74, 6) is -0.436. The number of carbonyl (C=O) groups is 1. The molecule has 1 saturated heterocycles. The molecule has 1 aliphatic heterocycles. The Morgan fingerprint density at radius 3 is 2.62 bits per heavy atom. The van der Waals surface area contributed by atoms with E-state index in [1.54, 1.807) is 24.3 Å². The Bertz CT molecular complexity index is 1100. The maximum absolute atomic E-state index is 13.9. The fourth-order valence-electron chi connectivity index (χ4n) is 3.74. The maximum atomic E-state index is 13.9. The topological polar surface area (TPSA) is 47.3 Å². The first kappa shape index (κ1) is 27.0. The minimum atomic E-state index is -0.436. The number of likely N-dealkylation sites (N-methyl/N-ethyl adjacent to an activating group) is 1. The van der Waals surface area contributed by atoms with Crippen molar-refractivity contribution in [1.82, 2.24) is 4.90 Å². The molecule has 1 aliphatic rings. The van der Waals surface area contributed by atoms with Crippen molar-refractivity contribution >= 4 is 23.6 Å². The summed E-state index contributed by atoms with van der Waals surface area (Å²) in [5, 5.41) is 9.49. The van der Waals surface area contributed by atoms with E-state index in [-0.39, 0.29) is 6.04 Å². The molecule has 0 N–H and O–H groups in total. The number of carbonyl (C=O) groups excluding carboxylic acids is 1. The van der Waals surface area contributed by atoms with Crippen LogP contribution in [0.4, 0.5) is 10.1 Å². The van der Waals surface area contributed by atoms with Crippen LogP contribution in [0.25, 0.3) is 0 Å². The molecule has 0 spiro atoms. The third kappa shape index (κ3) is 7.98. The van der Waals surface area contributed by atoms with E-state index >= 15 is 0 Å². The van der Waals surface area contributed by atoms with Gasteiger partial charge in [0.05, 0.1) is 10.6 Å². The zero-order valence-electron chi connectivity index (χ0n) is 20.0. The highest BCUT2D eigenvalue weighted by Gasteiger charge is 2.27. The standard InChI is InChI=1S/C20H23ClFN3.C8H8O/c1-4-5-6-17(15(2)22)13-25(19-9-10-24(3)14-19)18-8-7-16(12-23)20(21)11-18;1-7-3-2-4-8(5-7)6-9/h4-8,11,19H,2,9-10,13-14H2,1,3H3;2-6H,1H3/b5-4-,17-6-;/t19-;/m0./s1. The largest absolute Gasteiger partial charge is 0.363 e. The highest BCUT2D eigenvalue weighted by molar-refractivity contribution is 6.32. The molecule has 34 heavy (non-hydrogen) atoms. The van der Waals surface area contributed by atoms with Gasteiger partial charge in [0.15, 0.2) is 0 Å². The minimum absolute atomic E-state index is 0.252. The summed E-state index contributed by atoms with van der Waals surface area (Å²) in [6, 6.07) is 15.2. The van der Waals surface area contributed by atoms with E-state index in [0.717, 1.165) is 42.6 Å². The Kier molecular flexibility index (Phi) is 10.7. The Balaban J connectivity index is 0.000000379. The number of likely N-dealkylation sites (tertiary alicyclic amines) is 1. The molecule has 0 aliphatic carbocycles. The van der Waals surface area contributed by atoms with Crippen LogP contribution in [0.3, 0.4) is 0 Å². The van der Waals surface area contributed by atoms with Crippen molar-refractivity contribution in [3.05, 3.63) is 100 Å². The summed E-state index contributed by atoms with van der Waals surface area (Å²) in [4.78, 5) is 14.6. The van der Waals surface area contributed by atoms with Crippen LogP contribution in [0, 0.1) is 18.3 Å². The van der Waals surface area contributed by atoms with Gasteiger partial charge in [-0.25, -0.2) is 4.39 Å². The molecule has 6 heteroatoms. The molecule has 0 saturated carbocycles. The minimum Gasteiger partial charge on any atom is -0.363 e. The average molecular weight is 480 g/mol. The monoisotopic (exact) mass is 479 g/mol. The number of nitriles is 1. The number of aryl methyl sites for hydroxylation is 1. The van der Waals surface area contributed by atoms with Crippen molar-refractivity contribution < 1.29 is 9.18 Å². The average Bonchev–Trinajstić information content (AvgIpc) is 3.25. The SMILES string of the molecule is C=C(F)/C(=C\C=C/C)CN(c1ccc(C#N)c(Cl)c1)[C@H]1CCN(C)C1.Cc1cccc(C=O)c1. The van der Waals surface area contributed by atoms with Crippen molar-refractivity contribution in [2.45, 2.75) is 26.3 Å². The van der Waals surface area contributed by atoms with Crippen LogP contribution < -0.4 is 4.90 Å². The van der Waals surface area contributed by atoms with Gasteiger partial charge in [0.2, 0.25) is 0 Å². The first-order valence-electron chi connectivity index (χ1n) is 11.1. The third-order valence-corrected chi connectivity index (χ3v) is 5.88. The molecular formula is C28H31ClFN3O. The van der Waals surface area contributed by atoms with Crippen LogP contribution in [-0.2, 0) is 0 Å². The number of hydrogen-bond donors (Lipinski definition) is 0. The molecule has 0 unspecified atom stereocenters. The summed E-state index contributed by atoms with van der Waals surface area (Å²) in [6.45, 7) is 9.61. The van der Waals surface area contributed by atoms with Crippen LogP contribution in [-0.4, -0.2) is 43.9 Å². The maximum Gasteiger partial charge on any atom is 0.150 e. The third-order valence-electron chi connectivity index (χ3n) is 5.57. The molecule has 4 nitrogen and oxygen atoms in total. The number of hydrogen-bond acceptors (Lipinski definition) is 4. The molecule has 0 bridgehead atoms. The Morgan fingerprint density at radius 1 is 1.35 bits per heavy atom. The van der Waals surface area contributed by atoms with Gasteiger partial charge >= 0.3 is 0 Å². The molecule has 0 radical (unpaired) electrons. The Labute approximate surface area is 207 Å². The van der Waals surface area contributed by atoms with Crippen molar-refractivity contribution in [3.8, 4) is 6.07 Å². The first-order chi connectivity index (χ1) is 16.3. The number of nitrogens with zero attached hydrogens (tertiary/aromatic N) is 3. The summed E-state index contributed by atoms with van der Waals surface area (Å²) >= 11 is 6.21. The second-order valence-corrected chi connectivity index (χ2v) is 8.67. The van der Waals surface area contributed by atoms with Crippen LogP contribution in [0.2, 0.25) is 5.02 Å². The molecule has 178 valence electrons. The van der Waals surface area contributed by atoms with Gasteiger partial charge in [0.1, 0.15) is 18.2 Å². The van der Waals surface area contributed by atoms with Crippen LogP contribution >= 0.6 is 11.6 Å². The number of aldehydes is 1. The normalized spacial score (nSPS) is 16.0. The molecule has 2 aromatic rings.